The Morgan fingerprint density at radius 3 is 2.29 bits per heavy atom. The first-order chi connectivity index (χ1) is 13.6. The minimum absolute atomic E-state index is 0.271. The molecule has 7 heteroatoms. The van der Waals surface area contributed by atoms with E-state index in [-0.39, 0.29) is 5.56 Å². The zero-order valence-corrected chi connectivity index (χ0v) is 16.1. The molecule has 1 amide bonds. The maximum Gasteiger partial charge on any atom is 0.295 e. The summed E-state index contributed by atoms with van der Waals surface area (Å²) < 4.78 is 15.5. The van der Waals surface area contributed by atoms with E-state index in [9.17, 15) is 4.79 Å². The quantitative estimate of drug-likeness (QED) is 0.691. The van der Waals surface area contributed by atoms with Crippen LogP contribution in [0.2, 0.25) is 0 Å². The Bertz CT molecular complexity index is 877. The highest BCUT2D eigenvalue weighted by atomic mass is 16.5. The van der Waals surface area contributed by atoms with Gasteiger partial charge in [0.15, 0.2) is 5.58 Å². The molecular weight excluding hydrogens is 358 g/mol. The summed E-state index contributed by atoms with van der Waals surface area (Å²) in [6.07, 6.45) is 5.10. The number of methoxy groups -OCH3 is 2. The molecule has 0 unspecified atom stereocenters. The third-order valence-corrected chi connectivity index (χ3v) is 4.65. The Hall–Kier alpha value is -3.22. The van der Waals surface area contributed by atoms with E-state index in [2.05, 4.69) is 10.3 Å². The molecule has 0 aliphatic heterocycles. The van der Waals surface area contributed by atoms with Gasteiger partial charge in [0, 0.05) is 6.04 Å². The fourth-order valence-electron chi connectivity index (χ4n) is 3.27. The van der Waals surface area contributed by atoms with Gasteiger partial charge < -0.3 is 24.9 Å². The van der Waals surface area contributed by atoms with Crippen LogP contribution in [0.1, 0.15) is 36.0 Å². The lowest BCUT2D eigenvalue weighted by Crippen LogP contribution is -2.14. The molecule has 1 aliphatic rings. The SMILES string of the molecule is COc1cccc(OC)c1C(N)=O.c1ccc2oc(NC3CCCC3)nc2c1. The summed E-state index contributed by atoms with van der Waals surface area (Å²) in [7, 11) is 2.95. The number of benzene rings is 2. The first-order valence-electron chi connectivity index (χ1n) is 9.25. The Morgan fingerprint density at radius 1 is 1.07 bits per heavy atom. The Kier molecular flexibility index (Phi) is 6.37. The van der Waals surface area contributed by atoms with E-state index in [0.29, 0.717) is 23.6 Å². The number of anilines is 1. The van der Waals surface area contributed by atoms with Crippen LogP contribution in [0.5, 0.6) is 11.5 Å². The van der Waals surface area contributed by atoms with Crippen LogP contribution in [0.3, 0.4) is 0 Å². The average Bonchev–Trinajstić information content (AvgIpc) is 3.37. The first kappa shape index (κ1) is 19.5. The number of carbonyl (C=O) groups is 1. The number of aromatic nitrogens is 1. The lowest BCUT2D eigenvalue weighted by Gasteiger charge is -2.09. The zero-order chi connectivity index (χ0) is 19.9. The molecule has 3 N–H and O–H groups in total. The Balaban J connectivity index is 0.000000163. The number of fused-ring (bicyclic) bond motifs is 1. The van der Waals surface area contributed by atoms with Crippen molar-refractivity contribution in [3.63, 3.8) is 0 Å². The average molecular weight is 383 g/mol. The number of nitrogens with zero attached hydrogens (tertiary/aromatic N) is 1. The number of hydrogen-bond acceptors (Lipinski definition) is 6. The van der Waals surface area contributed by atoms with Crippen LogP contribution in [-0.2, 0) is 0 Å². The maximum atomic E-state index is 11.0. The topological polar surface area (TPSA) is 99.6 Å². The summed E-state index contributed by atoms with van der Waals surface area (Å²) in [5.74, 6) is 0.285. The molecule has 1 aromatic heterocycles. The molecule has 3 aromatic rings. The van der Waals surface area contributed by atoms with Gasteiger partial charge in [-0.1, -0.05) is 31.0 Å². The van der Waals surface area contributed by atoms with Gasteiger partial charge in [-0.25, -0.2) is 0 Å². The molecule has 1 fully saturated rings. The number of hydrogen-bond donors (Lipinski definition) is 2. The van der Waals surface area contributed by atoms with Crippen molar-refractivity contribution in [2.45, 2.75) is 31.7 Å². The first-order valence-corrected chi connectivity index (χ1v) is 9.25. The molecule has 0 spiro atoms. The second kappa shape index (κ2) is 9.12. The summed E-state index contributed by atoms with van der Waals surface area (Å²) in [5.41, 5.74) is 7.23. The molecule has 0 saturated heterocycles. The minimum atomic E-state index is -0.561. The van der Waals surface area contributed by atoms with Crippen molar-refractivity contribution in [3.8, 4) is 11.5 Å². The predicted octanol–water partition coefficient (Wildman–Crippen LogP) is 3.99. The third-order valence-electron chi connectivity index (χ3n) is 4.65. The number of amides is 1. The van der Waals surface area contributed by atoms with E-state index in [0.717, 1.165) is 11.1 Å². The van der Waals surface area contributed by atoms with Crippen LogP contribution in [0.4, 0.5) is 6.01 Å². The highest BCUT2D eigenvalue weighted by Crippen LogP contribution is 2.27. The van der Waals surface area contributed by atoms with Crippen molar-refractivity contribution >= 4 is 23.0 Å². The minimum Gasteiger partial charge on any atom is -0.496 e. The van der Waals surface area contributed by atoms with E-state index >= 15 is 0 Å². The summed E-state index contributed by atoms with van der Waals surface area (Å²) in [6, 6.07) is 14.1. The van der Waals surface area contributed by atoms with Crippen molar-refractivity contribution in [1.29, 1.82) is 0 Å². The van der Waals surface area contributed by atoms with Gasteiger partial charge in [0.05, 0.1) is 14.2 Å². The van der Waals surface area contributed by atoms with Crippen LogP contribution in [-0.4, -0.2) is 31.2 Å². The largest absolute Gasteiger partial charge is 0.496 e. The van der Waals surface area contributed by atoms with Gasteiger partial charge in [-0.2, -0.15) is 4.98 Å². The number of para-hydroxylation sites is 2. The zero-order valence-electron chi connectivity index (χ0n) is 16.1. The fourth-order valence-corrected chi connectivity index (χ4v) is 3.27. The molecule has 0 atom stereocenters. The molecule has 1 aliphatic carbocycles. The molecule has 0 radical (unpaired) electrons. The lowest BCUT2D eigenvalue weighted by molar-refractivity contribution is 0.0994. The van der Waals surface area contributed by atoms with Crippen LogP contribution >= 0.6 is 0 Å². The van der Waals surface area contributed by atoms with E-state index in [1.165, 1.54) is 39.9 Å². The van der Waals surface area contributed by atoms with Gasteiger partial charge in [0.2, 0.25) is 0 Å². The second-order valence-electron chi connectivity index (χ2n) is 6.51. The highest BCUT2D eigenvalue weighted by Gasteiger charge is 2.17. The standard InChI is InChI=1S/C12H14N2O.C9H11NO3/c1-2-6-9(5-1)13-12-14-10-7-3-4-8-11(10)15-12;1-12-6-4-3-5-7(13-2)8(6)9(10)11/h3-4,7-9H,1-2,5-6H2,(H,13,14);3-5H,1-2H3,(H2,10,11). The van der Waals surface area contributed by atoms with Crippen molar-refractivity contribution in [2.75, 3.05) is 19.5 Å². The number of rotatable bonds is 5. The highest BCUT2D eigenvalue weighted by molar-refractivity contribution is 5.98. The van der Waals surface area contributed by atoms with E-state index in [1.54, 1.807) is 18.2 Å². The van der Waals surface area contributed by atoms with Crippen LogP contribution < -0.4 is 20.5 Å². The second-order valence-corrected chi connectivity index (χ2v) is 6.51. The Labute approximate surface area is 163 Å². The molecule has 28 heavy (non-hydrogen) atoms. The summed E-state index contributed by atoms with van der Waals surface area (Å²) in [6.45, 7) is 0. The number of nitrogens with two attached hydrogens (primary N) is 1. The summed E-state index contributed by atoms with van der Waals surface area (Å²) >= 11 is 0. The van der Waals surface area contributed by atoms with Gasteiger partial charge in [-0.3, -0.25) is 4.79 Å². The van der Waals surface area contributed by atoms with E-state index in [1.807, 2.05) is 24.3 Å². The summed E-state index contributed by atoms with van der Waals surface area (Å²) in [4.78, 5) is 15.4. The molecule has 0 bridgehead atoms. The van der Waals surface area contributed by atoms with Gasteiger partial charge >= 0.3 is 0 Å². The van der Waals surface area contributed by atoms with Gasteiger partial charge in [-0.05, 0) is 37.1 Å². The lowest BCUT2D eigenvalue weighted by atomic mass is 10.1. The van der Waals surface area contributed by atoms with Crippen molar-refractivity contribution in [1.82, 2.24) is 4.98 Å². The van der Waals surface area contributed by atoms with Crippen molar-refractivity contribution in [3.05, 3.63) is 48.0 Å². The number of carbonyl (C=O) groups excluding carboxylic acids is 1. The van der Waals surface area contributed by atoms with Gasteiger partial charge in [0.1, 0.15) is 22.6 Å². The smallest absolute Gasteiger partial charge is 0.295 e. The molecule has 1 heterocycles. The molecule has 4 rings (SSSR count). The predicted molar refractivity (Wildman–Crippen MR) is 108 cm³/mol. The monoisotopic (exact) mass is 383 g/mol. The van der Waals surface area contributed by atoms with E-state index in [4.69, 9.17) is 19.6 Å². The number of nitrogens with one attached hydrogen (secondary N) is 1. The van der Waals surface area contributed by atoms with Gasteiger partial charge in [0.25, 0.3) is 11.9 Å². The normalized spacial score (nSPS) is 13.6. The van der Waals surface area contributed by atoms with Crippen molar-refractivity contribution in [2.24, 2.45) is 5.73 Å². The maximum absolute atomic E-state index is 11.0. The molecule has 1 saturated carbocycles. The number of ether oxygens (including phenoxy) is 2. The summed E-state index contributed by atoms with van der Waals surface area (Å²) in [5, 5.41) is 3.35. The van der Waals surface area contributed by atoms with Crippen molar-refractivity contribution < 1.29 is 18.7 Å². The molecule has 148 valence electrons. The van der Waals surface area contributed by atoms with Crippen LogP contribution in [0.15, 0.2) is 46.9 Å². The number of primary amides is 1. The van der Waals surface area contributed by atoms with Gasteiger partial charge in [-0.15, -0.1) is 0 Å². The molecule has 7 nitrogen and oxygen atoms in total. The molecule has 2 aromatic carbocycles. The number of oxazole rings is 1. The fraction of sp³-hybridized carbons (Fsp3) is 0.333. The van der Waals surface area contributed by atoms with E-state index < -0.39 is 5.91 Å². The Morgan fingerprint density at radius 2 is 1.71 bits per heavy atom. The molecular formula is C21H25N3O4. The van der Waals surface area contributed by atoms with Crippen LogP contribution in [0, 0.1) is 0 Å². The van der Waals surface area contributed by atoms with Crippen LogP contribution in [0.25, 0.3) is 11.1 Å². The third kappa shape index (κ3) is 4.54.